The van der Waals surface area contributed by atoms with Gasteiger partial charge >= 0.3 is 6.09 Å². The van der Waals surface area contributed by atoms with E-state index in [4.69, 9.17) is 10.5 Å². The lowest BCUT2D eigenvalue weighted by molar-refractivity contribution is -0.129. The molecule has 0 fully saturated rings. The number of imide groups is 1. The smallest absolute Gasteiger partial charge is 0.416 e. The van der Waals surface area contributed by atoms with Crippen LogP contribution in [0.15, 0.2) is 0 Å². The molecule has 0 rings (SSSR count). The SMILES string of the molecule is CN(C(=O)CCCN)C(=O)OC(C)(C)C. The molecule has 0 aromatic carbocycles. The average Bonchev–Trinajstić information content (AvgIpc) is 2.10. The first-order valence-corrected chi connectivity index (χ1v) is 4.97. The Bertz CT molecular complexity index is 233. The van der Waals surface area contributed by atoms with E-state index in [0.29, 0.717) is 13.0 Å². The lowest BCUT2D eigenvalue weighted by Gasteiger charge is -2.23. The van der Waals surface area contributed by atoms with E-state index in [1.807, 2.05) is 0 Å². The molecule has 0 radical (unpaired) electrons. The number of carbonyl (C=O) groups excluding carboxylic acids is 2. The van der Waals surface area contributed by atoms with Gasteiger partial charge in [-0.15, -0.1) is 0 Å². The van der Waals surface area contributed by atoms with E-state index in [1.54, 1.807) is 20.8 Å². The minimum absolute atomic E-state index is 0.269. The van der Waals surface area contributed by atoms with Crippen LogP contribution in [-0.2, 0) is 9.53 Å². The summed E-state index contributed by atoms with van der Waals surface area (Å²) in [5.41, 5.74) is 4.68. The van der Waals surface area contributed by atoms with E-state index in [0.717, 1.165) is 4.90 Å². The van der Waals surface area contributed by atoms with Gasteiger partial charge in [0.25, 0.3) is 0 Å². The molecule has 2 amide bonds. The summed E-state index contributed by atoms with van der Waals surface area (Å²) in [5, 5.41) is 0. The quantitative estimate of drug-likeness (QED) is 0.767. The number of hydrogen-bond donors (Lipinski definition) is 1. The van der Waals surface area contributed by atoms with E-state index in [2.05, 4.69) is 0 Å². The van der Waals surface area contributed by atoms with Crippen LogP contribution in [0.1, 0.15) is 33.6 Å². The van der Waals surface area contributed by atoms with Crippen LogP contribution in [0.5, 0.6) is 0 Å². The zero-order chi connectivity index (χ0) is 12.1. The Hall–Kier alpha value is -1.10. The number of amides is 2. The van der Waals surface area contributed by atoms with Crippen molar-refractivity contribution in [1.82, 2.24) is 4.90 Å². The first-order valence-electron chi connectivity index (χ1n) is 4.97. The third kappa shape index (κ3) is 6.06. The van der Waals surface area contributed by atoms with Gasteiger partial charge in [0.05, 0.1) is 0 Å². The zero-order valence-electron chi connectivity index (χ0n) is 9.87. The second-order valence-electron chi connectivity index (χ2n) is 4.33. The van der Waals surface area contributed by atoms with Gasteiger partial charge in [0.1, 0.15) is 5.60 Å². The van der Waals surface area contributed by atoms with Crippen LogP contribution in [0.4, 0.5) is 4.79 Å². The van der Waals surface area contributed by atoms with Gasteiger partial charge in [-0.25, -0.2) is 4.79 Å². The molecule has 2 N–H and O–H groups in total. The van der Waals surface area contributed by atoms with E-state index < -0.39 is 11.7 Å². The van der Waals surface area contributed by atoms with E-state index in [9.17, 15) is 9.59 Å². The van der Waals surface area contributed by atoms with Gasteiger partial charge in [-0.2, -0.15) is 0 Å². The van der Waals surface area contributed by atoms with Crippen LogP contribution in [-0.4, -0.2) is 36.1 Å². The van der Waals surface area contributed by atoms with Crippen molar-refractivity contribution in [3.63, 3.8) is 0 Å². The Kier molecular flexibility index (Phi) is 5.28. The first-order chi connectivity index (χ1) is 6.78. The van der Waals surface area contributed by atoms with Gasteiger partial charge in [-0.3, -0.25) is 9.69 Å². The fourth-order valence-electron chi connectivity index (χ4n) is 0.853. The Morgan fingerprint density at radius 2 is 1.87 bits per heavy atom. The third-order valence-electron chi connectivity index (χ3n) is 1.64. The molecule has 0 aromatic rings. The largest absolute Gasteiger partial charge is 0.443 e. The summed E-state index contributed by atoms with van der Waals surface area (Å²) in [7, 11) is 1.41. The molecule has 0 aromatic heterocycles. The number of rotatable bonds is 3. The van der Waals surface area contributed by atoms with E-state index in [-0.39, 0.29) is 12.3 Å². The fraction of sp³-hybridized carbons (Fsp3) is 0.800. The molecule has 0 unspecified atom stereocenters. The van der Waals surface area contributed by atoms with Crippen LogP contribution in [0.2, 0.25) is 0 Å². The maximum atomic E-state index is 11.4. The van der Waals surface area contributed by atoms with Crippen molar-refractivity contribution in [3.8, 4) is 0 Å². The van der Waals surface area contributed by atoms with Gasteiger partial charge in [0.15, 0.2) is 0 Å². The number of nitrogens with two attached hydrogens (primary N) is 1. The molecule has 0 atom stereocenters. The zero-order valence-corrected chi connectivity index (χ0v) is 9.87. The highest BCUT2D eigenvalue weighted by Crippen LogP contribution is 2.09. The highest BCUT2D eigenvalue weighted by molar-refractivity contribution is 5.91. The van der Waals surface area contributed by atoms with Crippen molar-refractivity contribution >= 4 is 12.0 Å². The van der Waals surface area contributed by atoms with Crippen LogP contribution < -0.4 is 5.73 Å². The topological polar surface area (TPSA) is 72.6 Å². The van der Waals surface area contributed by atoms with Crippen molar-refractivity contribution in [2.24, 2.45) is 5.73 Å². The second-order valence-corrected chi connectivity index (χ2v) is 4.33. The summed E-state index contributed by atoms with van der Waals surface area (Å²) in [6.07, 6.45) is 0.225. The molecule has 0 spiro atoms. The summed E-state index contributed by atoms with van der Waals surface area (Å²) >= 11 is 0. The van der Waals surface area contributed by atoms with Gasteiger partial charge in [0.2, 0.25) is 5.91 Å². The van der Waals surface area contributed by atoms with Gasteiger partial charge in [-0.05, 0) is 33.7 Å². The fourth-order valence-corrected chi connectivity index (χ4v) is 0.853. The van der Waals surface area contributed by atoms with Crippen LogP contribution >= 0.6 is 0 Å². The van der Waals surface area contributed by atoms with Crippen LogP contribution in [0.3, 0.4) is 0 Å². The molecular weight excluding hydrogens is 196 g/mol. The van der Waals surface area contributed by atoms with Crippen LogP contribution in [0, 0.1) is 0 Å². The normalized spacial score (nSPS) is 11.0. The molecule has 0 aliphatic rings. The standard InChI is InChI=1S/C10H20N2O3/c1-10(2,3)15-9(14)12(4)8(13)6-5-7-11/h5-7,11H2,1-4H3. The first kappa shape index (κ1) is 13.9. The summed E-state index contributed by atoms with van der Waals surface area (Å²) in [4.78, 5) is 23.8. The van der Waals surface area contributed by atoms with Gasteiger partial charge < -0.3 is 10.5 Å². The molecule has 0 saturated heterocycles. The molecule has 0 saturated carbocycles. The predicted molar refractivity (Wildman–Crippen MR) is 57.3 cm³/mol. The molecule has 88 valence electrons. The summed E-state index contributed by atoms with van der Waals surface area (Å²) in [5.74, 6) is -0.269. The third-order valence-corrected chi connectivity index (χ3v) is 1.64. The molecule has 0 aliphatic heterocycles. The number of ether oxygens (including phenoxy) is 1. The van der Waals surface area contributed by atoms with E-state index in [1.165, 1.54) is 7.05 Å². The van der Waals surface area contributed by atoms with E-state index >= 15 is 0 Å². The second kappa shape index (κ2) is 5.70. The maximum Gasteiger partial charge on any atom is 0.416 e. The lowest BCUT2D eigenvalue weighted by atomic mass is 10.2. The Morgan fingerprint density at radius 3 is 2.27 bits per heavy atom. The molecule has 5 nitrogen and oxygen atoms in total. The maximum absolute atomic E-state index is 11.4. The monoisotopic (exact) mass is 216 g/mol. The van der Waals surface area contributed by atoms with Crippen molar-refractivity contribution in [3.05, 3.63) is 0 Å². The molecule has 15 heavy (non-hydrogen) atoms. The Balaban J connectivity index is 4.14. The predicted octanol–water partition coefficient (Wildman–Crippen LogP) is 1.12. The summed E-state index contributed by atoms with van der Waals surface area (Å²) in [6.45, 7) is 5.70. The minimum Gasteiger partial charge on any atom is -0.443 e. The van der Waals surface area contributed by atoms with Crippen molar-refractivity contribution in [2.75, 3.05) is 13.6 Å². The summed E-state index contributed by atoms with van der Waals surface area (Å²) in [6, 6.07) is 0. The highest BCUT2D eigenvalue weighted by atomic mass is 16.6. The number of hydrogen-bond acceptors (Lipinski definition) is 4. The molecule has 0 heterocycles. The van der Waals surface area contributed by atoms with Crippen molar-refractivity contribution in [1.29, 1.82) is 0 Å². The van der Waals surface area contributed by atoms with Crippen molar-refractivity contribution < 1.29 is 14.3 Å². The summed E-state index contributed by atoms with van der Waals surface area (Å²) < 4.78 is 5.04. The number of carbonyl (C=O) groups is 2. The Labute approximate surface area is 90.6 Å². The minimum atomic E-state index is -0.621. The highest BCUT2D eigenvalue weighted by Gasteiger charge is 2.23. The Morgan fingerprint density at radius 1 is 1.33 bits per heavy atom. The van der Waals surface area contributed by atoms with Crippen molar-refractivity contribution in [2.45, 2.75) is 39.2 Å². The molecule has 0 aliphatic carbocycles. The van der Waals surface area contributed by atoms with Crippen LogP contribution in [0.25, 0.3) is 0 Å². The molecular formula is C10H20N2O3. The average molecular weight is 216 g/mol. The van der Waals surface area contributed by atoms with Gasteiger partial charge in [0, 0.05) is 13.5 Å². The number of nitrogens with zero attached hydrogens (tertiary/aromatic N) is 1. The van der Waals surface area contributed by atoms with Gasteiger partial charge in [-0.1, -0.05) is 0 Å². The molecule has 0 bridgehead atoms. The lowest BCUT2D eigenvalue weighted by Crippen LogP contribution is -2.38. The molecule has 5 heteroatoms.